The van der Waals surface area contributed by atoms with Crippen molar-refractivity contribution in [2.75, 3.05) is 0 Å². The first-order valence-electron chi connectivity index (χ1n) is 3.34. The zero-order chi connectivity index (χ0) is 11.2. The Morgan fingerprint density at radius 3 is 1.27 bits per heavy atom. The third kappa shape index (κ3) is 10.6. The molecule has 15 heavy (non-hydrogen) atoms. The minimum absolute atomic E-state index is 0. The van der Waals surface area contributed by atoms with Crippen LogP contribution in [0.3, 0.4) is 0 Å². The van der Waals surface area contributed by atoms with Gasteiger partial charge >= 0.3 is 47.4 Å². The van der Waals surface area contributed by atoms with E-state index in [-0.39, 0.29) is 12.3 Å². The topological polar surface area (TPSA) is 142 Å². The molecule has 0 spiro atoms. The van der Waals surface area contributed by atoms with Crippen LogP contribution in [-0.4, -0.2) is 22.2 Å². The van der Waals surface area contributed by atoms with Crippen LogP contribution < -0.4 is 0 Å². The van der Waals surface area contributed by atoms with Gasteiger partial charge in [0.2, 0.25) is 0 Å². The van der Waals surface area contributed by atoms with Crippen LogP contribution in [0.5, 0.6) is 0 Å². The minimum atomic E-state index is -1.33. The third-order valence-corrected chi connectivity index (χ3v) is 1.36. The molecule has 0 fully saturated rings. The second-order valence-corrected chi connectivity index (χ2v) is 3.48. The molecule has 0 saturated carbocycles. The summed E-state index contributed by atoms with van der Waals surface area (Å²) in [7, 11) is 0. The molecule has 0 aromatic carbocycles. The van der Waals surface area contributed by atoms with E-state index in [0.717, 1.165) is 0 Å². The molecule has 6 N–H and O–H groups in total. The Bertz CT molecular complexity index is 182. The molecule has 0 aliphatic carbocycles. The molecule has 0 saturated heterocycles. The van der Waals surface area contributed by atoms with Crippen molar-refractivity contribution in [2.45, 2.75) is 20.8 Å². The molecule has 0 radical (unpaired) electrons. The molecule has 0 rings (SSSR count). The number of hydrogen-bond acceptors (Lipinski definition) is 2. The Balaban J connectivity index is -0.000000142. The SMILES string of the molecule is CC(C)(C)C(C(=O)O)C(=O)O.[I][Pt].[NH2-].[NH2-]. The second-order valence-electron chi connectivity index (χ2n) is 3.48. The summed E-state index contributed by atoms with van der Waals surface area (Å²) in [5, 5.41) is 17.0. The van der Waals surface area contributed by atoms with Gasteiger partial charge in [0, 0.05) is 0 Å². The van der Waals surface area contributed by atoms with E-state index in [1.807, 2.05) is 0 Å². The Hall–Kier alpha value is 0.278. The molecule has 0 bridgehead atoms. The van der Waals surface area contributed by atoms with E-state index in [4.69, 9.17) is 10.2 Å². The summed E-state index contributed by atoms with van der Waals surface area (Å²) in [6.45, 7) is 4.75. The van der Waals surface area contributed by atoms with Gasteiger partial charge < -0.3 is 22.5 Å². The Labute approximate surface area is 111 Å². The quantitative estimate of drug-likeness (QED) is 0.432. The number of carboxylic acid groups (broad SMARTS) is 2. The fourth-order valence-electron chi connectivity index (χ4n) is 0.846. The van der Waals surface area contributed by atoms with E-state index >= 15 is 0 Å². The summed E-state index contributed by atoms with van der Waals surface area (Å²) in [5.74, 6) is -3.91. The normalized spacial score (nSPS) is 9.00. The van der Waals surface area contributed by atoms with Crippen molar-refractivity contribution >= 4 is 31.3 Å². The summed E-state index contributed by atoms with van der Waals surface area (Å²) in [4.78, 5) is 20.8. The summed E-state index contributed by atoms with van der Waals surface area (Å²) in [6.07, 6.45) is 0. The molecule has 0 aliphatic heterocycles. The summed E-state index contributed by atoms with van der Waals surface area (Å²) in [5.41, 5.74) is -0.738. The van der Waals surface area contributed by atoms with Gasteiger partial charge in [0.1, 0.15) is 0 Å². The fraction of sp³-hybridized carbons (Fsp3) is 0.714. The summed E-state index contributed by atoms with van der Waals surface area (Å²) >= 11 is 4.23. The number of carbonyl (C=O) groups is 2. The molecule has 6 nitrogen and oxygen atoms in total. The smallest absolute Gasteiger partial charge is 0.693 e. The number of rotatable bonds is 2. The minimum Gasteiger partial charge on any atom is -0.693 e. The van der Waals surface area contributed by atoms with Gasteiger partial charge in [-0.3, -0.25) is 9.59 Å². The molecule has 97 valence electrons. The Morgan fingerprint density at radius 1 is 1.07 bits per heavy atom. The van der Waals surface area contributed by atoms with Crippen LogP contribution in [0, 0.1) is 11.3 Å². The first kappa shape index (κ1) is 24.5. The van der Waals surface area contributed by atoms with Gasteiger partial charge in [-0.05, 0) is 5.41 Å². The molecule has 8 heteroatoms. The molecule has 0 aromatic heterocycles. The predicted molar refractivity (Wildman–Crippen MR) is 62.8 cm³/mol. The number of halogens is 1. The van der Waals surface area contributed by atoms with Crippen molar-refractivity contribution in [1.82, 2.24) is 0 Å². The Morgan fingerprint density at radius 2 is 1.27 bits per heavy atom. The van der Waals surface area contributed by atoms with Gasteiger partial charge in [-0.1, -0.05) is 20.8 Å². The van der Waals surface area contributed by atoms with E-state index in [0.29, 0.717) is 0 Å². The number of aliphatic carboxylic acids is 2. The van der Waals surface area contributed by atoms with E-state index < -0.39 is 23.3 Å². The molecule has 0 aliphatic rings. The molecular weight excluding hydrogens is 498 g/mol. The molecule has 0 amide bonds. The van der Waals surface area contributed by atoms with Gasteiger partial charge in [-0.2, -0.15) is 0 Å². The van der Waals surface area contributed by atoms with Crippen molar-refractivity contribution in [1.29, 1.82) is 0 Å². The summed E-state index contributed by atoms with van der Waals surface area (Å²) < 4.78 is 0. The monoisotopic (exact) mass is 514 g/mol. The first-order valence-corrected chi connectivity index (χ1v) is 9.78. The van der Waals surface area contributed by atoms with Gasteiger partial charge in [0.25, 0.3) is 0 Å². The summed E-state index contributed by atoms with van der Waals surface area (Å²) in [6, 6.07) is 0. The van der Waals surface area contributed by atoms with Crippen LogP contribution in [-0.2, 0) is 25.7 Å². The van der Waals surface area contributed by atoms with Gasteiger partial charge in [0.15, 0.2) is 5.92 Å². The maximum Gasteiger partial charge on any atom is -0.693 e. The fourth-order valence-corrected chi connectivity index (χ4v) is 0.846. The van der Waals surface area contributed by atoms with Crippen molar-refractivity contribution < 1.29 is 35.9 Å². The number of nitrogens with two attached hydrogens (primary N) is 2. The van der Waals surface area contributed by atoms with Gasteiger partial charge in [-0.15, -0.1) is 0 Å². The zero-order valence-corrected chi connectivity index (χ0v) is 13.1. The van der Waals surface area contributed by atoms with Crippen LogP contribution >= 0.6 is 19.4 Å². The van der Waals surface area contributed by atoms with Crippen LogP contribution in [0.1, 0.15) is 20.8 Å². The van der Waals surface area contributed by atoms with Crippen molar-refractivity contribution in [2.24, 2.45) is 11.3 Å². The first-order chi connectivity index (χ1) is 5.76. The molecule has 0 unspecified atom stereocenters. The number of hydrogen-bond donors (Lipinski definition) is 2. The van der Waals surface area contributed by atoms with E-state index in [1.165, 1.54) is 0 Å². The second kappa shape index (κ2) is 10.8. The molecule has 0 heterocycles. The maximum absolute atomic E-state index is 10.4. The third-order valence-electron chi connectivity index (χ3n) is 1.36. The Kier molecular flexibility index (Phi) is 17.6. The standard InChI is InChI=1S/C7H12O4.HI.2H2N.Pt/c1-7(2,3)4(5(8)9)6(10)11;;;;/h4H,1-3H3,(H,8,9)(H,10,11);1H;2*1H2;/q;;2*-1;+1/p-1. The predicted octanol–water partition coefficient (Wildman–Crippen LogP) is 3.14. The largest absolute Gasteiger partial charge is 0.693 e. The van der Waals surface area contributed by atoms with Crippen LogP contribution in [0.2, 0.25) is 0 Å². The molecular formula is C7H16IN2O4Pt-2. The zero-order valence-electron chi connectivity index (χ0n) is 8.64. The van der Waals surface area contributed by atoms with Crippen molar-refractivity contribution in [3.8, 4) is 0 Å². The number of carboxylic acids is 2. The van der Waals surface area contributed by atoms with Crippen LogP contribution in [0.25, 0.3) is 12.3 Å². The van der Waals surface area contributed by atoms with Gasteiger partial charge in [-0.25, -0.2) is 0 Å². The molecule has 0 atom stereocenters. The van der Waals surface area contributed by atoms with Crippen LogP contribution in [0.4, 0.5) is 0 Å². The average molecular weight is 514 g/mol. The van der Waals surface area contributed by atoms with Crippen molar-refractivity contribution in [3.63, 3.8) is 0 Å². The van der Waals surface area contributed by atoms with Crippen molar-refractivity contribution in [3.05, 3.63) is 12.3 Å². The van der Waals surface area contributed by atoms with Gasteiger partial charge in [0.05, 0.1) is 0 Å². The van der Waals surface area contributed by atoms with E-state index in [1.54, 1.807) is 20.8 Å². The maximum atomic E-state index is 10.4. The van der Waals surface area contributed by atoms with Crippen LogP contribution in [0.15, 0.2) is 0 Å². The molecule has 0 aromatic rings. The van der Waals surface area contributed by atoms with E-state index in [2.05, 4.69) is 35.5 Å². The van der Waals surface area contributed by atoms with E-state index in [9.17, 15) is 9.59 Å². The average Bonchev–Trinajstić information content (AvgIpc) is 1.85.